The second kappa shape index (κ2) is 4.64. The van der Waals surface area contributed by atoms with E-state index in [0.29, 0.717) is 23.7 Å². The zero-order valence-corrected chi connectivity index (χ0v) is 9.39. The second-order valence-electron chi connectivity index (χ2n) is 3.16. The third-order valence-corrected chi connectivity index (χ3v) is 2.01. The summed E-state index contributed by atoms with van der Waals surface area (Å²) in [4.78, 5) is 19.0. The molecule has 0 aliphatic carbocycles. The molecule has 0 amide bonds. The number of carbonyl (C=O) groups excluding carboxylic acids is 1. The zero-order valence-electron chi connectivity index (χ0n) is 9.39. The van der Waals surface area contributed by atoms with E-state index in [1.807, 2.05) is 6.92 Å². The van der Waals surface area contributed by atoms with Crippen molar-refractivity contribution in [1.82, 2.24) is 19.6 Å². The van der Waals surface area contributed by atoms with E-state index in [0.717, 1.165) is 0 Å². The van der Waals surface area contributed by atoms with E-state index >= 15 is 0 Å². The Morgan fingerprint density at radius 3 is 2.75 bits per heavy atom. The van der Waals surface area contributed by atoms with E-state index in [9.17, 15) is 9.90 Å². The summed E-state index contributed by atoms with van der Waals surface area (Å²) >= 11 is 0. The van der Waals surface area contributed by atoms with E-state index in [1.54, 1.807) is 6.92 Å². The first-order chi connectivity index (χ1) is 7.11. The first kappa shape index (κ1) is 12.7. The van der Waals surface area contributed by atoms with Crippen LogP contribution in [0, 0.1) is 6.92 Å². The monoisotopic (exact) mass is 212 g/mol. The Hall–Kier alpha value is -1.38. The average molecular weight is 212 g/mol. The molecule has 0 aromatic carbocycles. The number of nitrogens with zero attached hydrogens (tertiary/aromatic N) is 4. The normalized spacial score (nSPS) is 10.1. The van der Waals surface area contributed by atoms with Crippen molar-refractivity contribution >= 4 is 11.7 Å². The Balaban J connectivity index is 0.00000128. The molecule has 0 saturated heterocycles. The number of aromatic nitrogens is 4. The van der Waals surface area contributed by atoms with Crippen molar-refractivity contribution < 1.29 is 28.8 Å². The van der Waals surface area contributed by atoms with Gasteiger partial charge in [0.2, 0.25) is 0 Å². The van der Waals surface area contributed by atoms with Gasteiger partial charge in [-0.25, -0.2) is 4.98 Å². The van der Waals surface area contributed by atoms with Crippen LogP contribution in [0.3, 0.4) is 0 Å². The van der Waals surface area contributed by atoms with Crippen LogP contribution in [0.2, 0.25) is 0 Å². The molecule has 2 rings (SSSR count). The van der Waals surface area contributed by atoms with Crippen LogP contribution in [0.1, 0.15) is 28.9 Å². The number of rotatable bonds is 2. The van der Waals surface area contributed by atoms with E-state index in [2.05, 4.69) is 15.1 Å². The van der Waals surface area contributed by atoms with Gasteiger partial charge in [0.15, 0.2) is 5.82 Å². The fourth-order valence-electron chi connectivity index (χ4n) is 1.32. The Labute approximate surface area is 104 Å². The molecule has 0 unspecified atom stereocenters. The Morgan fingerprint density at radius 1 is 1.50 bits per heavy atom. The first-order valence-corrected chi connectivity index (χ1v) is 4.56. The molecule has 0 saturated carbocycles. The SMILES string of the molecule is CCc1nc2nc(C)cc(C(=O)[O-])n2n1.[Li+]. The van der Waals surface area contributed by atoms with Crippen molar-refractivity contribution in [3.8, 4) is 0 Å². The second-order valence-corrected chi connectivity index (χ2v) is 3.16. The molecule has 0 spiro atoms. The van der Waals surface area contributed by atoms with Gasteiger partial charge in [0, 0.05) is 12.1 Å². The predicted octanol–water partition coefficient (Wildman–Crippen LogP) is -3.64. The van der Waals surface area contributed by atoms with Gasteiger partial charge in [0.1, 0.15) is 0 Å². The number of carbonyl (C=O) groups is 1. The van der Waals surface area contributed by atoms with Gasteiger partial charge in [-0.1, -0.05) is 6.92 Å². The van der Waals surface area contributed by atoms with Gasteiger partial charge >= 0.3 is 18.9 Å². The van der Waals surface area contributed by atoms with Crippen molar-refractivity contribution in [3.63, 3.8) is 0 Å². The van der Waals surface area contributed by atoms with Gasteiger partial charge in [-0.15, -0.1) is 5.10 Å². The molecule has 0 N–H and O–H groups in total. The molecule has 7 heteroatoms. The Kier molecular flexibility index (Phi) is 3.68. The number of aromatic carboxylic acids is 1. The number of carboxylic acid groups (broad SMARTS) is 1. The predicted molar refractivity (Wildman–Crippen MR) is 49.2 cm³/mol. The summed E-state index contributed by atoms with van der Waals surface area (Å²) in [5.41, 5.74) is 0.557. The molecule has 2 aromatic rings. The van der Waals surface area contributed by atoms with Crippen LogP contribution in [-0.4, -0.2) is 25.6 Å². The summed E-state index contributed by atoms with van der Waals surface area (Å²) < 4.78 is 1.20. The molecule has 0 aliphatic rings. The van der Waals surface area contributed by atoms with Crippen molar-refractivity contribution in [2.45, 2.75) is 20.3 Å². The standard InChI is InChI=1S/C9H10N4O2.Li/c1-3-7-11-9-10-5(2)4-6(8(14)15)13(9)12-7;/h4H,3H2,1-2H3,(H,14,15);/q;+1/p-1. The van der Waals surface area contributed by atoms with Crippen LogP contribution in [0.4, 0.5) is 0 Å². The molecule has 0 atom stereocenters. The quantitative estimate of drug-likeness (QED) is 0.479. The smallest absolute Gasteiger partial charge is 0.543 e. The summed E-state index contributed by atoms with van der Waals surface area (Å²) in [6.45, 7) is 3.59. The molecular formula is C9H9LiN4O2. The maximum absolute atomic E-state index is 10.8. The van der Waals surface area contributed by atoms with Gasteiger partial charge in [0.25, 0.3) is 5.78 Å². The Morgan fingerprint density at radius 2 is 2.19 bits per heavy atom. The van der Waals surface area contributed by atoms with Crippen molar-refractivity contribution in [1.29, 1.82) is 0 Å². The van der Waals surface area contributed by atoms with Crippen LogP contribution in [0.15, 0.2) is 6.07 Å². The van der Waals surface area contributed by atoms with Crippen LogP contribution in [-0.2, 0) is 6.42 Å². The molecule has 0 aliphatic heterocycles. The third kappa shape index (κ3) is 2.08. The van der Waals surface area contributed by atoms with Gasteiger partial charge in [-0.3, -0.25) is 0 Å². The number of hydrogen-bond donors (Lipinski definition) is 0. The molecular weight excluding hydrogens is 203 g/mol. The van der Waals surface area contributed by atoms with Crippen LogP contribution >= 0.6 is 0 Å². The fraction of sp³-hybridized carbons (Fsp3) is 0.333. The van der Waals surface area contributed by atoms with Crippen LogP contribution in [0.5, 0.6) is 0 Å². The van der Waals surface area contributed by atoms with Gasteiger partial charge in [-0.2, -0.15) is 9.50 Å². The van der Waals surface area contributed by atoms with Crippen LogP contribution in [0.25, 0.3) is 5.78 Å². The van der Waals surface area contributed by atoms with Crippen molar-refractivity contribution in [3.05, 3.63) is 23.3 Å². The molecule has 0 radical (unpaired) electrons. The Bertz CT molecular complexity index is 538. The van der Waals surface area contributed by atoms with E-state index in [4.69, 9.17) is 0 Å². The summed E-state index contributed by atoms with van der Waals surface area (Å²) in [6, 6.07) is 1.41. The minimum Gasteiger partial charge on any atom is -0.543 e. The van der Waals surface area contributed by atoms with Crippen molar-refractivity contribution in [2.75, 3.05) is 0 Å². The largest absolute Gasteiger partial charge is 1.00 e. The minimum atomic E-state index is -1.28. The summed E-state index contributed by atoms with van der Waals surface area (Å²) in [6.07, 6.45) is 0.634. The molecule has 2 heterocycles. The first-order valence-electron chi connectivity index (χ1n) is 4.56. The molecule has 78 valence electrons. The van der Waals surface area contributed by atoms with Crippen molar-refractivity contribution in [2.24, 2.45) is 0 Å². The number of carboxylic acids is 1. The summed E-state index contributed by atoms with van der Waals surface area (Å²) in [5, 5.41) is 14.9. The average Bonchev–Trinajstić information content (AvgIpc) is 2.58. The maximum Gasteiger partial charge on any atom is 1.00 e. The topological polar surface area (TPSA) is 83.2 Å². The number of fused-ring (bicyclic) bond motifs is 1. The fourth-order valence-corrected chi connectivity index (χ4v) is 1.32. The third-order valence-electron chi connectivity index (χ3n) is 2.01. The van der Waals surface area contributed by atoms with E-state index in [1.165, 1.54) is 10.6 Å². The zero-order chi connectivity index (χ0) is 11.0. The van der Waals surface area contributed by atoms with Crippen LogP contribution < -0.4 is 24.0 Å². The molecule has 0 fully saturated rings. The number of hydrogen-bond acceptors (Lipinski definition) is 5. The van der Waals surface area contributed by atoms with E-state index < -0.39 is 5.97 Å². The van der Waals surface area contributed by atoms with Gasteiger partial charge in [-0.05, 0) is 13.0 Å². The summed E-state index contributed by atoms with van der Waals surface area (Å²) in [7, 11) is 0. The molecule has 16 heavy (non-hydrogen) atoms. The van der Waals surface area contributed by atoms with E-state index in [-0.39, 0.29) is 24.6 Å². The maximum atomic E-state index is 10.8. The number of aryl methyl sites for hydroxylation is 2. The molecule has 6 nitrogen and oxygen atoms in total. The minimum absolute atomic E-state index is 0. The molecule has 0 bridgehead atoms. The molecule has 2 aromatic heterocycles. The van der Waals surface area contributed by atoms with Gasteiger partial charge in [0.05, 0.1) is 11.7 Å². The summed E-state index contributed by atoms with van der Waals surface area (Å²) in [5.74, 6) is -0.417. The van der Waals surface area contributed by atoms with Gasteiger partial charge < -0.3 is 9.90 Å².